The van der Waals surface area contributed by atoms with E-state index in [4.69, 9.17) is 20.1 Å². The van der Waals surface area contributed by atoms with Crippen molar-refractivity contribution in [3.05, 3.63) is 194 Å². The zero-order chi connectivity index (χ0) is 48.6. The van der Waals surface area contributed by atoms with Crippen LogP contribution < -0.4 is 4.74 Å². The van der Waals surface area contributed by atoms with Gasteiger partial charge in [0, 0.05) is 164 Å². The van der Waals surface area contributed by atoms with Gasteiger partial charge in [-0.15, -0.1) is 0 Å². The van der Waals surface area contributed by atoms with Crippen LogP contribution in [0.1, 0.15) is 127 Å². The van der Waals surface area contributed by atoms with Gasteiger partial charge in [-0.25, -0.2) is 4.79 Å². The number of aliphatic hydroxyl groups is 2. The van der Waals surface area contributed by atoms with Gasteiger partial charge in [-0.2, -0.15) is 32.1 Å². The van der Waals surface area contributed by atoms with E-state index in [0.29, 0.717) is 36.1 Å². The number of carbonyl (C=O) groups is 2. The second kappa shape index (κ2) is 41.2. The number of rotatable bonds is 13. The molecule has 5 rings (SSSR count). The molecule has 0 saturated carbocycles. The smallest absolute Gasteiger partial charge is 0.339 e. The Kier molecular flexibility index (Phi) is 46.4. The molecule has 365 valence electrons. The molecule has 0 aliphatic rings. The molecule has 0 aliphatic heterocycles. The maximum absolute atomic E-state index is 11.1. The van der Waals surface area contributed by atoms with Gasteiger partial charge in [-0.1, -0.05) is 135 Å². The van der Waals surface area contributed by atoms with Crippen molar-refractivity contribution in [2.24, 2.45) is 0 Å². The predicted octanol–water partition coefficient (Wildman–Crippen LogP) is 11.9. The fourth-order valence-electron chi connectivity index (χ4n) is 5.81. The molecule has 0 aromatic heterocycles. The molecule has 0 heterocycles. The number of hydrogen-bond donors (Lipinski definition) is 6. The van der Waals surface area contributed by atoms with Crippen LogP contribution in [0.15, 0.2) is 109 Å². The molecule has 0 saturated heterocycles. The van der Waals surface area contributed by atoms with Crippen molar-refractivity contribution >= 4 is 11.9 Å². The molecule has 0 aliphatic carbocycles. The summed E-state index contributed by atoms with van der Waals surface area (Å²) in [5, 5.41) is 55.8. The summed E-state index contributed by atoms with van der Waals surface area (Å²) in [7, 11) is 1.67. The number of phenolic OH excluding ortho intramolecular Hbond substituents is 1. The Morgan fingerprint density at radius 3 is 1.28 bits per heavy atom. The van der Waals surface area contributed by atoms with Gasteiger partial charge >= 0.3 is 11.9 Å². The Bertz CT molecular complexity index is 2080. The van der Waals surface area contributed by atoms with Crippen molar-refractivity contribution < 1.29 is 209 Å². The SMILES string of the molecule is [CH2-]CCC(O)c1ccc(C(C)(C)C(=O)O)cc1.[CH2-]CCC(O)c1ccc(C(C)(C)C)cc1.[CH2-]Cc1ccc(C)c(O)c1C(=O)O.[CH2-]Cc1ccc(O)cc1.[CH2-]Cc1ccc(OC)cc1.[Y].[Y].[Y].[Y].[Y]. The van der Waals surface area contributed by atoms with Gasteiger partial charge in [0.2, 0.25) is 0 Å². The summed E-state index contributed by atoms with van der Waals surface area (Å²) in [6, 6.07) is 33.6. The molecule has 69 heavy (non-hydrogen) atoms. The molecular formula is C55H71O9Y5-5. The first-order chi connectivity index (χ1) is 30.1. The molecular weight excluding hydrogens is 1250 g/mol. The second-order valence-electron chi connectivity index (χ2n) is 16.6. The van der Waals surface area contributed by atoms with E-state index in [0.717, 1.165) is 53.7 Å². The minimum absolute atomic E-state index is 0. The molecule has 5 aromatic rings. The van der Waals surface area contributed by atoms with Crippen molar-refractivity contribution in [1.29, 1.82) is 0 Å². The Morgan fingerprint density at radius 2 is 0.957 bits per heavy atom. The fraction of sp³-hybridized carbons (Fsp3) is 0.327. The number of phenols is 2. The number of aryl methyl sites for hydroxylation is 1. The minimum atomic E-state index is -1.11. The van der Waals surface area contributed by atoms with E-state index in [1.165, 1.54) is 11.1 Å². The van der Waals surface area contributed by atoms with Crippen molar-refractivity contribution in [2.75, 3.05) is 7.11 Å². The summed E-state index contributed by atoms with van der Waals surface area (Å²) in [4.78, 5) is 21.9. The van der Waals surface area contributed by atoms with Crippen LogP contribution in [0.25, 0.3) is 0 Å². The molecule has 5 radical (unpaired) electrons. The van der Waals surface area contributed by atoms with E-state index >= 15 is 0 Å². The number of methoxy groups -OCH3 is 1. The predicted molar refractivity (Wildman–Crippen MR) is 259 cm³/mol. The Hall–Kier alpha value is -0.121. The number of ether oxygens (including phenoxy) is 1. The van der Waals surface area contributed by atoms with E-state index in [9.17, 15) is 24.9 Å². The molecule has 9 nitrogen and oxygen atoms in total. The molecule has 0 fully saturated rings. The Balaban J connectivity index is -0.000000247. The topological polar surface area (TPSA) is 165 Å². The van der Waals surface area contributed by atoms with Gasteiger partial charge in [0.25, 0.3) is 0 Å². The van der Waals surface area contributed by atoms with Gasteiger partial charge < -0.3 is 70.0 Å². The zero-order valence-corrected chi connectivity index (χ0v) is 56.0. The molecule has 2 atom stereocenters. The number of carboxylic acids is 2. The third-order valence-electron chi connectivity index (χ3n) is 10.3. The largest absolute Gasteiger partial charge is 0.508 e. The van der Waals surface area contributed by atoms with Gasteiger partial charge in [0.15, 0.2) is 0 Å². The number of aromatic carboxylic acids is 1. The van der Waals surface area contributed by atoms with Crippen LogP contribution >= 0.6 is 0 Å². The van der Waals surface area contributed by atoms with Gasteiger partial charge in [-0.3, -0.25) is 4.79 Å². The molecule has 0 amide bonds. The summed E-state index contributed by atoms with van der Waals surface area (Å²) in [6.07, 6.45) is 3.87. The first-order valence-corrected chi connectivity index (χ1v) is 21.3. The summed E-state index contributed by atoms with van der Waals surface area (Å²) in [5.74, 6) is -0.915. The van der Waals surface area contributed by atoms with E-state index in [1.807, 2.05) is 48.5 Å². The minimum Gasteiger partial charge on any atom is -0.508 e. The first-order valence-electron chi connectivity index (χ1n) is 21.3. The van der Waals surface area contributed by atoms with Gasteiger partial charge in [-0.05, 0) is 78.3 Å². The molecule has 2 unspecified atom stereocenters. The molecule has 0 bridgehead atoms. The van der Waals surface area contributed by atoms with Crippen molar-refractivity contribution in [3.63, 3.8) is 0 Å². The second-order valence-corrected chi connectivity index (χ2v) is 16.6. The number of benzene rings is 5. The van der Waals surface area contributed by atoms with Gasteiger partial charge in [0.1, 0.15) is 22.8 Å². The quantitative estimate of drug-likeness (QED) is 0.0630. The number of aromatic hydroxyl groups is 2. The third-order valence-corrected chi connectivity index (χ3v) is 10.3. The van der Waals surface area contributed by atoms with E-state index in [2.05, 4.69) is 67.5 Å². The van der Waals surface area contributed by atoms with E-state index in [1.54, 1.807) is 76.4 Å². The average Bonchev–Trinajstić information content (AvgIpc) is 3.28. The fourth-order valence-corrected chi connectivity index (χ4v) is 5.81. The zero-order valence-electron chi connectivity index (χ0n) is 41.8. The number of aliphatic hydroxyl groups excluding tert-OH is 2. The van der Waals surface area contributed by atoms with Crippen LogP contribution in [0.5, 0.6) is 17.2 Å². The molecule has 0 spiro atoms. The summed E-state index contributed by atoms with van der Waals surface area (Å²) in [5.41, 5.74) is 6.56. The monoisotopic (exact) mass is 1320 g/mol. The van der Waals surface area contributed by atoms with E-state index < -0.39 is 23.5 Å². The van der Waals surface area contributed by atoms with Crippen LogP contribution in [-0.4, -0.2) is 49.7 Å². The maximum atomic E-state index is 11.1. The molecule has 14 heteroatoms. The normalized spacial score (nSPS) is 10.8. The van der Waals surface area contributed by atoms with Crippen LogP contribution in [0.3, 0.4) is 0 Å². The van der Waals surface area contributed by atoms with Crippen LogP contribution in [0, 0.1) is 41.5 Å². The summed E-state index contributed by atoms with van der Waals surface area (Å²) < 4.78 is 4.99. The Morgan fingerprint density at radius 1 is 0.565 bits per heavy atom. The van der Waals surface area contributed by atoms with Crippen LogP contribution in [0.4, 0.5) is 0 Å². The van der Waals surface area contributed by atoms with Crippen LogP contribution in [0.2, 0.25) is 0 Å². The number of aliphatic carboxylic acids is 1. The molecule has 6 N–H and O–H groups in total. The molecule has 5 aromatic carbocycles. The Labute approximate surface area is 540 Å². The van der Waals surface area contributed by atoms with E-state index in [-0.39, 0.29) is 186 Å². The van der Waals surface area contributed by atoms with Crippen molar-refractivity contribution in [1.82, 2.24) is 0 Å². The number of carboxylic acid groups (broad SMARTS) is 2. The van der Waals surface area contributed by atoms with Crippen molar-refractivity contribution in [3.8, 4) is 17.2 Å². The summed E-state index contributed by atoms with van der Waals surface area (Å²) in [6.45, 7) is 30.1. The van der Waals surface area contributed by atoms with Gasteiger partial charge in [0.05, 0.1) is 24.7 Å². The summed E-state index contributed by atoms with van der Waals surface area (Å²) >= 11 is 0. The first kappa shape index (κ1) is 77.8. The van der Waals surface area contributed by atoms with Crippen molar-refractivity contribution in [2.45, 2.75) is 110 Å². The standard InChI is InChI=1S/C14H19O3.C14H21O.C10H11O3.C9H11O.C8H9O.5Y/c1-4-5-12(15)10-6-8-11(9-7-10)14(2,3)13(16)17;1-5-6-13(15)11-7-9-12(10-8-11)14(2,3)4;1-3-7-5-4-6(2)9(11)8(7)10(12)13;1-3-8-4-6-9(10-2)7-5-8;1-2-7-3-5-8(9)6-4-7;;;;;/h6-9,12,15H,1,4-5H2,2-3H3,(H,16,17);7-10,13,15H,1,5-6H2,2-4H3;4-5,11H,1,3H2,2H3,(H,12,13);4-7H,1,3H2,2H3;3-6,9H,1-2H2;;;;;/q5*-1;;;;;. The third kappa shape index (κ3) is 28.9. The average molecular weight is 1320 g/mol. The maximum Gasteiger partial charge on any atom is 0.339 e. The number of hydrogen-bond acceptors (Lipinski definition) is 7. The van der Waals surface area contributed by atoms with Crippen LogP contribution in [-0.2, 0) is 198 Å².